The zero-order chi connectivity index (χ0) is 15.6. The summed E-state index contributed by atoms with van der Waals surface area (Å²) in [7, 11) is 0. The first-order valence-electron chi connectivity index (χ1n) is 6.16. The number of alkyl halides is 3. The van der Waals surface area contributed by atoms with Gasteiger partial charge in [-0.1, -0.05) is 12.1 Å². The Kier molecular flexibility index (Phi) is 4.17. The maximum atomic E-state index is 12.0. The van der Waals surface area contributed by atoms with E-state index in [-0.39, 0.29) is 12.3 Å². The summed E-state index contributed by atoms with van der Waals surface area (Å²) in [6.45, 7) is 3.66. The van der Waals surface area contributed by atoms with E-state index in [1.807, 2.05) is 0 Å². The van der Waals surface area contributed by atoms with Crippen LogP contribution >= 0.6 is 0 Å². The van der Waals surface area contributed by atoms with Crippen molar-refractivity contribution in [2.24, 2.45) is 0 Å². The van der Waals surface area contributed by atoms with Crippen molar-refractivity contribution in [3.8, 4) is 5.75 Å². The smallest absolute Gasteiger partial charge is 0.406 e. The molecule has 0 spiro atoms. The number of hydrogen-bond acceptors (Lipinski definition) is 4. The highest BCUT2D eigenvalue weighted by atomic mass is 19.4. The van der Waals surface area contributed by atoms with E-state index in [0.717, 1.165) is 12.1 Å². The van der Waals surface area contributed by atoms with Crippen LogP contribution in [0.1, 0.15) is 23.3 Å². The lowest BCUT2D eigenvalue weighted by Crippen LogP contribution is -2.17. The van der Waals surface area contributed by atoms with Crippen LogP contribution in [-0.2, 0) is 6.54 Å². The summed E-state index contributed by atoms with van der Waals surface area (Å²) in [4.78, 5) is 4.11. The lowest BCUT2D eigenvalue weighted by Gasteiger charge is -2.13. The van der Waals surface area contributed by atoms with Crippen molar-refractivity contribution in [3.05, 3.63) is 41.5 Å². The average molecular weight is 301 g/mol. The Bertz CT molecular complexity index is 608. The number of ether oxygens (including phenoxy) is 1. The third-order valence-corrected chi connectivity index (χ3v) is 2.81. The average Bonchev–Trinajstić information content (AvgIpc) is 2.66. The Morgan fingerprint density at radius 3 is 2.33 bits per heavy atom. The molecule has 1 aromatic heterocycles. The monoisotopic (exact) mass is 301 g/mol. The predicted molar refractivity (Wildman–Crippen MR) is 67.6 cm³/mol. The van der Waals surface area contributed by atoms with Crippen molar-refractivity contribution >= 4 is 0 Å². The first-order chi connectivity index (χ1) is 9.74. The molecule has 0 fully saturated rings. The van der Waals surface area contributed by atoms with Crippen molar-refractivity contribution in [1.82, 2.24) is 14.8 Å². The lowest BCUT2D eigenvalue weighted by atomic mass is 10.1. The standard InChI is InChI=1S/C13H14F3N3O2/c1-8-17-9(2)19(18-8)7-12(20)10-3-5-11(6-4-10)21-13(14,15)16/h3-6,12,20H,7H2,1-2H3. The summed E-state index contributed by atoms with van der Waals surface area (Å²) in [5, 5.41) is 14.2. The molecule has 0 saturated heterocycles. The maximum Gasteiger partial charge on any atom is 0.573 e. The van der Waals surface area contributed by atoms with Crippen LogP contribution in [0, 0.1) is 13.8 Å². The Labute approximate surface area is 119 Å². The number of rotatable bonds is 4. The Balaban J connectivity index is 2.06. The SMILES string of the molecule is Cc1nc(C)n(CC(O)c2ccc(OC(F)(F)F)cc2)n1. The minimum absolute atomic E-state index is 0.173. The summed E-state index contributed by atoms with van der Waals surface area (Å²) < 4.78 is 41.4. The topological polar surface area (TPSA) is 60.2 Å². The highest BCUT2D eigenvalue weighted by Crippen LogP contribution is 2.24. The summed E-state index contributed by atoms with van der Waals surface area (Å²) >= 11 is 0. The molecule has 0 bridgehead atoms. The van der Waals surface area contributed by atoms with Gasteiger partial charge in [0.05, 0.1) is 12.6 Å². The summed E-state index contributed by atoms with van der Waals surface area (Å²) in [6, 6.07) is 5.08. The molecule has 1 unspecified atom stereocenters. The van der Waals surface area contributed by atoms with Crippen molar-refractivity contribution in [1.29, 1.82) is 0 Å². The third-order valence-electron chi connectivity index (χ3n) is 2.81. The van der Waals surface area contributed by atoms with Crippen molar-refractivity contribution in [2.75, 3.05) is 0 Å². The highest BCUT2D eigenvalue weighted by molar-refractivity contribution is 5.28. The molecule has 0 saturated carbocycles. The third kappa shape index (κ3) is 4.19. The van der Waals surface area contributed by atoms with Gasteiger partial charge >= 0.3 is 6.36 Å². The van der Waals surface area contributed by atoms with Gasteiger partial charge in [-0.05, 0) is 31.5 Å². The fraction of sp³-hybridized carbons (Fsp3) is 0.385. The normalized spacial score (nSPS) is 13.2. The minimum Gasteiger partial charge on any atom is -0.406 e. The van der Waals surface area contributed by atoms with Crippen LogP contribution in [0.5, 0.6) is 5.75 Å². The van der Waals surface area contributed by atoms with E-state index in [4.69, 9.17) is 0 Å². The molecule has 0 aliphatic rings. The molecule has 1 heterocycles. The second kappa shape index (κ2) is 5.72. The molecule has 0 amide bonds. The van der Waals surface area contributed by atoms with E-state index in [9.17, 15) is 18.3 Å². The first kappa shape index (κ1) is 15.3. The number of halogens is 3. The van der Waals surface area contributed by atoms with Gasteiger partial charge in [0.15, 0.2) is 0 Å². The van der Waals surface area contributed by atoms with Crippen LogP contribution in [-0.4, -0.2) is 26.2 Å². The lowest BCUT2D eigenvalue weighted by molar-refractivity contribution is -0.274. The van der Waals surface area contributed by atoms with E-state index in [2.05, 4.69) is 14.8 Å². The molecule has 1 aromatic carbocycles. The first-order valence-corrected chi connectivity index (χ1v) is 6.16. The molecule has 0 aliphatic carbocycles. The molecular formula is C13H14F3N3O2. The fourth-order valence-electron chi connectivity index (χ4n) is 1.90. The molecular weight excluding hydrogens is 287 g/mol. The van der Waals surface area contributed by atoms with E-state index in [1.165, 1.54) is 12.1 Å². The molecule has 1 N–H and O–H groups in total. The molecule has 2 rings (SSSR count). The van der Waals surface area contributed by atoms with Gasteiger partial charge in [-0.2, -0.15) is 5.10 Å². The van der Waals surface area contributed by atoms with Gasteiger partial charge in [0.25, 0.3) is 0 Å². The van der Waals surface area contributed by atoms with Crippen molar-refractivity contribution in [2.45, 2.75) is 32.9 Å². The molecule has 0 radical (unpaired) electrons. The van der Waals surface area contributed by atoms with Crippen molar-refractivity contribution in [3.63, 3.8) is 0 Å². The summed E-state index contributed by atoms with van der Waals surface area (Å²) in [5.74, 6) is 0.920. The number of aryl methyl sites for hydroxylation is 2. The molecule has 0 aliphatic heterocycles. The molecule has 21 heavy (non-hydrogen) atoms. The fourth-order valence-corrected chi connectivity index (χ4v) is 1.90. The van der Waals surface area contributed by atoms with Crippen LogP contribution in [0.3, 0.4) is 0 Å². The number of aliphatic hydroxyl groups excluding tert-OH is 1. The zero-order valence-electron chi connectivity index (χ0n) is 11.4. The second-order valence-corrected chi connectivity index (χ2v) is 4.52. The van der Waals surface area contributed by atoms with Crippen molar-refractivity contribution < 1.29 is 23.0 Å². The number of aromatic nitrogens is 3. The molecule has 114 valence electrons. The Hall–Kier alpha value is -2.09. The van der Waals surface area contributed by atoms with Crippen LogP contribution in [0.4, 0.5) is 13.2 Å². The number of hydrogen-bond donors (Lipinski definition) is 1. The second-order valence-electron chi connectivity index (χ2n) is 4.52. The van der Waals surface area contributed by atoms with Gasteiger partial charge in [0.1, 0.15) is 17.4 Å². The van der Waals surface area contributed by atoms with Gasteiger partial charge in [-0.15, -0.1) is 13.2 Å². The molecule has 1 atom stereocenters. The Morgan fingerprint density at radius 2 is 1.86 bits per heavy atom. The van der Waals surface area contributed by atoms with Crippen LogP contribution in [0.2, 0.25) is 0 Å². The minimum atomic E-state index is -4.73. The number of benzene rings is 1. The zero-order valence-corrected chi connectivity index (χ0v) is 11.4. The maximum absolute atomic E-state index is 12.0. The molecule has 8 heteroatoms. The predicted octanol–water partition coefficient (Wildman–Crippen LogP) is 2.53. The molecule has 2 aromatic rings. The molecule has 5 nitrogen and oxygen atoms in total. The van der Waals surface area contributed by atoms with Crippen LogP contribution in [0.15, 0.2) is 24.3 Å². The van der Waals surface area contributed by atoms with Gasteiger partial charge in [0.2, 0.25) is 0 Å². The number of nitrogens with zero attached hydrogens (tertiary/aromatic N) is 3. The number of aliphatic hydroxyl groups is 1. The van der Waals surface area contributed by atoms with Gasteiger partial charge in [-0.3, -0.25) is 0 Å². The highest BCUT2D eigenvalue weighted by Gasteiger charge is 2.31. The van der Waals surface area contributed by atoms with Crippen LogP contribution in [0.25, 0.3) is 0 Å². The summed E-state index contributed by atoms with van der Waals surface area (Å²) in [6.07, 6.45) is -5.63. The Morgan fingerprint density at radius 1 is 1.24 bits per heavy atom. The summed E-state index contributed by atoms with van der Waals surface area (Å²) in [5.41, 5.74) is 0.470. The van der Waals surface area contributed by atoms with E-state index in [1.54, 1.807) is 18.5 Å². The van der Waals surface area contributed by atoms with Gasteiger partial charge in [0, 0.05) is 0 Å². The van der Waals surface area contributed by atoms with Crippen LogP contribution < -0.4 is 4.74 Å². The quantitative estimate of drug-likeness (QED) is 0.942. The van der Waals surface area contributed by atoms with Gasteiger partial charge < -0.3 is 9.84 Å². The van der Waals surface area contributed by atoms with E-state index in [0.29, 0.717) is 17.2 Å². The van der Waals surface area contributed by atoms with E-state index >= 15 is 0 Å². The largest absolute Gasteiger partial charge is 0.573 e. The van der Waals surface area contributed by atoms with E-state index < -0.39 is 12.5 Å². The van der Waals surface area contributed by atoms with Gasteiger partial charge in [-0.25, -0.2) is 9.67 Å².